The topological polar surface area (TPSA) is 88.3 Å². The van der Waals surface area contributed by atoms with Gasteiger partial charge in [-0.1, -0.05) is 13.8 Å². The zero-order valence-electron chi connectivity index (χ0n) is 11.2. The van der Waals surface area contributed by atoms with Crippen molar-refractivity contribution in [2.45, 2.75) is 25.3 Å². The van der Waals surface area contributed by atoms with Gasteiger partial charge < -0.3 is 5.43 Å². The number of anilines is 1. The molecule has 0 aliphatic carbocycles. The molecule has 0 aromatic carbocycles. The van der Waals surface area contributed by atoms with Crippen molar-refractivity contribution in [3.63, 3.8) is 0 Å². The Bertz CT molecular complexity index is 536. The molecule has 0 spiro atoms. The van der Waals surface area contributed by atoms with Gasteiger partial charge in [-0.05, 0) is 30.4 Å². The number of nitrogens with one attached hydrogen (secondary N) is 1. The number of rotatable bonds is 3. The van der Waals surface area contributed by atoms with Crippen LogP contribution in [0.15, 0.2) is 23.4 Å². The highest BCUT2D eigenvalue weighted by Gasteiger charge is 2.33. The van der Waals surface area contributed by atoms with E-state index in [1.54, 1.807) is 12.1 Å². The molecule has 2 atom stereocenters. The maximum absolute atomic E-state index is 12.6. The second-order valence-electron chi connectivity index (χ2n) is 5.27. The Balaban J connectivity index is 2.36. The maximum Gasteiger partial charge on any atom is 0.262 e. The zero-order chi connectivity index (χ0) is 14.0. The van der Waals surface area contributed by atoms with Crippen LogP contribution in [0.4, 0.5) is 5.69 Å². The Labute approximate surface area is 114 Å². The zero-order valence-corrected chi connectivity index (χ0v) is 12.0. The second kappa shape index (κ2) is 5.44. The molecular formula is C12H20N4O2S. The van der Waals surface area contributed by atoms with Gasteiger partial charge in [-0.15, -0.1) is 0 Å². The van der Waals surface area contributed by atoms with Crippen LogP contribution in [0, 0.1) is 11.8 Å². The molecule has 1 aromatic heterocycles. The summed E-state index contributed by atoms with van der Waals surface area (Å²) < 4.78 is 26.8. The number of pyridine rings is 1. The van der Waals surface area contributed by atoms with Crippen LogP contribution in [0.3, 0.4) is 0 Å². The van der Waals surface area contributed by atoms with Crippen LogP contribution >= 0.6 is 0 Å². The molecular weight excluding hydrogens is 264 g/mol. The van der Waals surface area contributed by atoms with Gasteiger partial charge in [0.25, 0.3) is 10.0 Å². The van der Waals surface area contributed by atoms with Crippen molar-refractivity contribution in [1.29, 1.82) is 0 Å². The van der Waals surface area contributed by atoms with Crippen molar-refractivity contribution in [2.75, 3.05) is 18.5 Å². The van der Waals surface area contributed by atoms with Gasteiger partial charge in [0, 0.05) is 19.3 Å². The minimum absolute atomic E-state index is 0.00111. The number of sulfonamides is 1. The molecule has 6 nitrogen and oxygen atoms in total. The summed E-state index contributed by atoms with van der Waals surface area (Å²) in [7, 11) is -3.59. The van der Waals surface area contributed by atoms with Crippen LogP contribution in [0.1, 0.15) is 20.3 Å². The van der Waals surface area contributed by atoms with Crippen molar-refractivity contribution in [1.82, 2.24) is 9.29 Å². The summed E-state index contributed by atoms with van der Waals surface area (Å²) in [5, 5.41) is -0.00111. The molecule has 1 aromatic rings. The predicted octanol–water partition coefficient (Wildman–Crippen LogP) is 1.03. The van der Waals surface area contributed by atoms with Crippen molar-refractivity contribution >= 4 is 15.7 Å². The summed E-state index contributed by atoms with van der Waals surface area (Å²) in [6.07, 6.45) is 2.51. The molecule has 0 saturated carbocycles. The van der Waals surface area contributed by atoms with E-state index in [9.17, 15) is 8.42 Å². The summed E-state index contributed by atoms with van der Waals surface area (Å²) >= 11 is 0. The van der Waals surface area contributed by atoms with E-state index in [0.29, 0.717) is 30.6 Å². The number of hydrazine groups is 1. The van der Waals surface area contributed by atoms with Crippen molar-refractivity contribution in [3.05, 3.63) is 18.3 Å². The van der Waals surface area contributed by atoms with E-state index < -0.39 is 10.0 Å². The molecule has 106 valence electrons. The summed E-state index contributed by atoms with van der Waals surface area (Å²) in [6, 6.07) is 3.26. The number of hydrogen-bond acceptors (Lipinski definition) is 5. The fraction of sp³-hybridized carbons (Fsp3) is 0.583. The van der Waals surface area contributed by atoms with Crippen LogP contribution in [0.2, 0.25) is 0 Å². The van der Waals surface area contributed by atoms with Gasteiger partial charge >= 0.3 is 0 Å². The third-order valence-electron chi connectivity index (χ3n) is 3.35. The third kappa shape index (κ3) is 2.88. The van der Waals surface area contributed by atoms with Gasteiger partial charge in [0.1, 0.15) is 0 Å². The molecule has 2 rings (SSSR count). The molecule has 2 unspecified atom stereocenters. The van der Waals surface area contributed by atoms with Crippen molar-refractivity contribution < 1.29 is 8.42 Å². The van der Waals surface area contributed by atoms with Crippen LogP contribution in [0.25, 0.3) is 0 Å². The largest absolute Gasteiger partial charge is 0.321 e. The molecule has 7 heteroatoms. The molecule has 1 saturated heterocycles. The fourth-order valence-corrected chi connectivity index (χ4v) is 4.38. The SMILES string of the molecule is CC1CC(C)CN(S(=O)(=O)c2ncccc2NN)C1. The standard InChI is InChI=1S/C12H20N4O2S/c1-9-6-10(2)8-16(7-9)19(17,18)12-11(15-13)4-3-5-14-12/h3-5,9-10,15H,6-8,13H2,1-2H3. The monoisotopic (exact) mass is 284 g/mol. The molecule has 0 amide bonds. The summed E-state index contributed by atoms with van der Waals surface area (Å²) in [5.74, 6) is 6.07. The first kappa shape index (κ1) is 14.2. The van der Waals surface area contributed by atoms with Crippen LogP contribution in [-0.4, -0.2) is 30.8 Å². The Kier molecular flexibility index (Phi) is 4.07. The Morgan fingerprint density at radius 2 is 2.00 bits per heavy atom. The first-order chi connectivity index (χ1) is 8.95. The number of nitrogens with zero attached hydrogens (tertiary/aromatic N) is 2. The van der Waals surface area contributed by atoms with Gasteiger partial charge in [0.15, 0.2) is 5.03 Å². The molecule has 1 aliphatic heterocycles. The lowest BCUT2D eigenvalue weighted by Crippen LogP contribution is -2.43. The van der Waals surface area contributed by atoms with Crippen molar-refractivity contribution in [2.24, 2.45) is 17.7 Å². The quantitative estimate of drug-likeness (QED) is 0.639. The van der Waals surface area contributed by atoms with E-state index in [4.69, 9.17) is 5.84 Å². The van der Waals surface area contributed by atoms with Gasteiger partial charge in [-0.3, -0.25) is 5.84 Å². The highest BCUT2D eigenvalue weighted by atomic mass is 32.2. The highest BCUT2D eigenvalue weighted by Crippen LogP contribution is 2.28. The lowest BCUT2D eigenvalue weighted by atomic mass is 9.94. The van der Waals surface area contributed by atoms with Crippen LogP contribution in [-0.2, 0) is 10.0 Å². The molecule has 1 fully saturated rings. The number of nitrogens with two attached hydrogens (primary N) is 1. The Morgan fingerprint density at radius 3 is 2.58 bits per heavy atom. The fourth-order valence-electron chi connectivity index (χ4n) is 2.63. The molecule has 0 radical (unpaired) electrons. The number of piperidine rings is 1. The first-order valence-electron chi connectivity index (χ1n) is 6.37. The van der Waals surface area contributed by atoms with Crippen LogP contribution < -0.4 is 11.3 Å². The minimum atomic E-state index is -3.59. The maximum atomic E-state index is 12.6. The van der Waals surface area contributed by atoms with E-state index in [1.165, 1.54) is 10.5 Å². The van der Waals surface area contributed by atoms with E-state index in [-0.39, 0.29) is 5.03 Å². The van der Waals surface area contributed by atoms with E-state index in [2.05, 4.69) is 24.3 Å². The first-order valence-corrected chi connectivity index (χ1v) is 7.81. The van der Waals surface area contributed by atoms with E-state index in [1.807, 2.05) is 0 Å². The highest BCUT2D eigenvalue weighted by molar-refractivity contribution is 7.89. The van der Waals surface area contributed by atoms with E-state index >= 15 is 0 Å². The van der Waals surface area contributed by atoms with E-state index in [0.717, 1.165) is 6.42 Å². The Morgan fingerprint density at radius 1 is 1.37 bits per heavy atom. The summed E-state index contributed by atoms with van der Waals surface area (Å²) in [4.78, 5) is 3.97. The van der Waals surface area contributed by atoms with Crippen molar-refractivity contribution in [3.8, 4) is 0 Å². The Hall–Kier alpha value is -1.18. The summed E-state index contributed by atoms with van der Waals surface area (Å²) in [5.41, 5.74) is 2.72. The number of hydrogen-bond donors (Lipinski definition) is 2. The lowest BCUT2D eigenvalue weighted by Gasteiger charge is -2.33. The molecule has 2 heterocycles. The number of aromatic nitrogens is 1. The van der Waals surface area contributed by atoms with Crippen LogP contribution in [0.5, 0.6) is 0 Å². The average molecular weight is 284 g/mol. The average Bonchev–Trinajstić information content (AvgIpc) is 2.37. The minimum Gasteiger partial charge on any atom is -0.321 e. The number of nitrogen functional groups attached to an aromatic ring is 1. The molecule has 1 aliphatic rings. The lowest BCUT2D eigenvalue weighted by molar-refractivity contribution is 0.222. The van der Waals surface area contributed by atoms with Gasteiger partial charge in [-0.25, -0.2) is 13.4 Å². The smallest absolute Gasteiger partial charge is 0.262 e. The molecule has 0 bridgehead atoms. The molecule has 19 heavy (non-hydrogen) atoms. The van der Waals surface area contributed by atoms with Gasteiger partial charge in [0.2, 0.25) is 0 Å². The third-order valence-corrected chi connectivity index (χ3v) is 5.14. The normalized spacial score (nSPS) is 25.2. The van der Waals surface area contributed by atoms with Gasteiger partial charge in [-0.2, -0.15) is 4.31 Å². The van der Waals surface area contributed by atoms with Gasteiger partial charge in [0.05, 0.1) is 5.69 Å². The second-order valence-corrected chi connectivity index (χ2v) is 7.12. The predicted molar refractivity (Wildman–Crippen MR) is 73.8 cm³/mol. The summed E-state index contributed by atoms with van der Waals surface area (Å²) in [6.45, 7) is 5.21. The molecule has 3 N–H and O–H groups in total.